The number of allylic oxidation sites excluding steroid dienone is 2. The molecule has 5 heteroatoms. The van der Waals surface area contributed by atoms with Gasteiger partial charge in [0.2, 0.25) is 0 Å². The van der Waals surface area contributed by atoms with E-state index in [4.69, 9.17) is 7.58 Å². The van der Waals surface area contributed by atoms with Crippen molar-refractivity contribution in [2.24, 2.45) is 0 Å². The summed E-state index contributed by atoms with van der Waals surface area (Å²) in [5, 5.41) is 9.98. The van der Waals surface area contributed by atoms with Crippen LogP contribution in [0.15, 0.2) is 11.8 Å². The van der Waals surface area contributed by atoms with Gasteiger partial charge in [-0.1, -0.05) is 6.92 Å². The molecule has 80 valence electrons. The van der Waals surface area contributed by atoms with Gasteiger partial charge >= 0.3 is 50.5 Å². The number of rotatable bonds is 5. The molecule has 0 aliphatic rings. The van der Waals surface area contributed by atoms with E-state index in [9.17, 15) is 9.90 Å². The molecule has 0 aromatic heterocycles. The monoisotopic (exact) mass is 216 g/mol. The van der Waals surface area contributed by atoms with Crippen molar-refractivity contribution in [2.45, 2.75) is 27.7 Å². The van der Waals surface area contributed by atoms with E-state index in [2.05, 4.69) is 0 Å². The minimum absolute atomic E-state index is 0.178. The van der Waals surface area contributed by atoms with Gasteiger partial charge in [0.1, 0.15) is 0 Å². The zero-order valence-corrected chi connectivity index (χ0v) is 10.4. The molecule has 4 nitrogen and oxygen atoms in total. The van der Waals surface area contributed by atoms with Crippen LogP contribution < -0.4 is 5.11 Å². The molecule has 0 saturated carbocycles. The molecule has 0 N–H and O–H groups in total. The van der Waals surface area contributed by atoms with E-state index in [1.54, 1.807) is 0 Å². The van der Waals surface area contributed by atoms with Crippen LogP contribution in [-0.2, 0) is 12.4 Å². The van der Waals surface area contributed by atoms with Crippen LogP contribution in [0.4, 0.5) is 0 Å². The Morgan fingerprint density at radius 2 is 1.71 bits per heavy atom. The van der Waals surface area contributed by atoms with E-state index in [1.165, 1.54) is 13.8 Å². The second-order valence-electron chi connectivity index (χ2n) is 2.37. The molecule has 0 aromatic rings. The third-order valence-electron chi connectivity index (χ3n) is 0.876. The van der Waals surface area contributed by atoms with E-state index in [-0.39, 0.29) is 27.4 Å². The molecular formula is C9H17AlO4. The zero-order chi connectivity index (χ0) is 11.4. The van der Waals surface area contributed by atoms with Crippen molar-refractivity contribution in [1.29, 1.82) is 0 Å². The standard InChI is InChI=1S/C5H8O2.2C2H5O.Al/c1-4(6)3-5(2)7;2*1-2-3;/h3,6H,1-2H3;2*2H2,1H3;/q;2*-1;+3/p-1/b4-3-;;;. The fraction of sp³-hybridized carbons (Fsp3) is 0.667. The molecule has 0 aliphatic heterocycles. The molecule has 0 rings (SSSR count). The van der Waals surface area contributed by atoms with Crippen LogP contribution in [0.3, 0.4) is 0 Å². The Balaban J connectivity index is 0. The SMILES string of the molecule is CC(=O)/C=C(/C)[O-].CC[O][Al+][O]CC. The fourth-order valence-electron chi connectivity index (χ4n) is 0.470. The summed E-state index contributed by atoms with van der Waals surface area (Å²) in [6.45, 7) is 8.17. The third kappa shape index (κ3) is 22.6. The summed E-state index contributed by atoms with van der Waals surface area (Å²) in [6, 6.07) is 0. The number of hydrogen-bond acceptors (Lipinski definition) is 4. The molecule has 0 aromatic carbocycles. The van der Waals surface area contributed by atoms with Crippen molar-refractivity contribution in [3.63, 3.8) is 0 Å². The van der Waals surface area contributed by atoms with Gasteiger partial charge in [-0.05, 0) is 13.0 Å². The summed E-state index contributed by atoms with van der Waals surface area (Å²) in [5.74, 6) is -0.375. The molecule has 0 heterocycles. The van der Waals surface area contributed by atoms with Crippen molar-refractivity contribution < 1.29 is 17.5 Å². The van der Waals surface area contributed by atoms with Crippen molar-refractivity contribution >= 4 is 21.7 Å². The Kier molecular flexibility index (Phi) is 14.6. The van der Waals surface area contributed by atoms with E-state index >= 15 is 0 Å². The van der Waals surface area contributed by atoms with Crippen molar-refractivity contribution in [3.05, 3.63) is 11.8 Å². The van der Waals surface area contributed by atoms with E-state index in [0.29, 0.717) is 0 Å². The molecule has 0 atom stereocenters. The minimum atomic E-state index is -0.187. The first-order chi connectivity index (χ1) is 6.54. The molecule has 0 aliphatic carbocycles. The molecule has 0 amide bonds. The molecule has 0 radical (unpaired) electrons. The number of hydrogen-bond donors (Lipinski definition) is 0. The van der Waals surface area contributed by atoms with Crippen LogP contribution >= 0.6 is 0 Å². The van der Waals surface area contributed by atoms with Crippen LogP contribution in [0.2, 0.25) is 0 Å². The maximum atomic E-state index is 9.98. The van der Waals surface area contributed by atoms with Gasteiger partial charge in [-0.3, -0.25) is 4.79 Å². The van der Waals surface area contributed by atoms with Crippen molar-refractivity contribution in [3.8, 4) is 0 Å². The first-order valence-electron chi connectivity index (χ1n) is 4.45. The first-order valence-corrected chi connectivity index (χ1v) is 5.39. The van der Waals surface area contributed by atoms with Gasteiger partial charge < -0.3 is 5.11 Å². The predicted octanol–water partition coefficient (Wildman–Crippen LogP) is 0.433. The summed E-state index contributed by atoms with van der Waals surface area (Å²) < 4.78 is 9.87. The predicted molar refractivity (Wildman–Crippen MR) is 53.4 cm³/mol. The zero-order valence-electron chi connectivity index (χ0n) is 9.20. The number of carbonyl (C=O) groups is 1. The average molecular weight is 216 g/mol. The Labute approximate surface area is 92.3 Å². The molecule has 0 saturated heterocycles. The third-order valence-corrected chi connectivity index (χ3v) is 1.81. The van der Waals surface area contributed by atoms with Crippen LogP contribution in [0.1, 0.15) is 27.7 Å². The van der Waals surface area contributed by atoms with E-state index in [1.807, 2.05) is 13.8 Å². The molecule has 0 spiro atoms. The molecule has 0 bridgehead atoms. The Morgan fingerprint density at radius 1 is 1.29 bits per heavy atom. The van der Waals surface area contributed by atoms with Crippen LogP contribution in [0.25, 0.3) is 0 Å². The van der Waals surface area contributed by atoms with Crippen LogP contribution in [0.5, 0.6) is 0 Å². The summed E-state index contributed by atoms with van der Waals surface area (Å²) in [6.07, 6.45) is 1.06. The molecule has 0 unspecified atom stereocenters. The van der Waals surface area contributed by atoms with Crippen molar-refractivity contribution in [1.82, 2.24) is 0 Å². The molecule has 0 fully saturated rings. The van der Waals surface area contributed by atoms with Gasteiger partial charge in [0.05, 0.1) is 0 Å². The van der Waals surface area contributed by atoms with E-state index in [0.717, 1.165) is 19.3 Å². The first kappa shape index (κ1) is 16.1. The Bertz CT molecular complexity index is 160. The topological polar surface area (TPSA) is 58.6 Å². The van der Waals surface area contributed by atoms with Gasteiger partial charge in [0, 0.05) is 0 Å². The summed E-state index contributed by atoms with van der Waals surface area (Å²) in [5.41, 5.74) is 0. The van der Waals surface area contributed by atoms with Gasteiger partial charge in [-0.2, -0.15) is 0 Å². The number of carbonyl (C=O) groups excluding carboxylic acids is 1. The second kappa shape index (κ2) is 12.7. The normalized spacial score (nSPS) is 9.86. The van der Waals surface area contributed by atoms with Gasteiger partial charge in [0.25, 0.3) is 0 Å². The summed E-state index contributed by atoms with van der Waals surface area (Å²) in [7, 11) is 0. The van der Waals surface area contributed by atoms with Gasteiger partial charge in [-0.25, -0.2) is 0 Å². The van der Waals surface area contributed by atoms with E-state index < -0.39 is 0 Å². The summed E-state index contributed by atoms with van der Waals surface area (Å²) in [4.78, 5) is 9.98. The van der Waals surface area contributed by atoms with Crippen LogP contribution in [-0.4, -0.2) is 34.9 Å². The summed E-state index contributed by atoms with van der Waals surface area (Å²) >= 11 is -0.178. The van der Waals surface area contributed by atoms with Gasteiger partial charge in [0.15, 0.2) is 5.78 Å². The average Bonchev–Trinajstić information content (AvgIpc) is 2.04. The quantitative estimate of drug-likeness (QED) is 0.289. The molecule has 14 heavy (non-hydrogen) atoms. The Hall–Kier alpha value is -0.338. The Morgan fingerprint density at radius 3 is 1.86 bits per heavy atom. The maximum absolute atomic E-state index is 9.98. The fourth-order valence-corrected chi connectivity index (χ4v) is 0.839. The van der Waals surface area contributed by atoms with Crippen molar-refractivity contribution in [2.75, 3.05) is 13.2 Å². The van der Waals surface area contributed by atoms with Gasteiger partial charge in [-0.15, -0.1) is 5.76 Å². The number of ketones is 1. The molecular weight excluding hydrogens is 199 g/mol. The second-order valence-corrected chi connectivity index (χ2v) is 3.23. The van der Waals surface area contributed by atoms with Crippen LogP contribution in [0, 0.1) is 0 Å².